The van der Waals surface area contributed by atoms with E-state index < -0.39 is 0 Å². The summed E-state index contributed by atoms with van der Waals surface area (Å²) in [5.41, 5.74) is 19.1. The summed E-state index contributed by atoms with van der Waals surface area (Å²) >= 11 is 0. The van der Waals surface area contributed by atoms with Crippen LogP contribution in [0.2, 0.25) is 0 Å². The Labute approximate surface area is 174 Å². The molecule has 1 aromatic heterocycles. The number of amides is 1. The highest BCUT2D eigenvalue weighted by Gasteiger charge is 2.35. The number of hydrogen-bond acceptors (Lipinski definition) is 5. The van der Waals surface area contributed by atoms with Gasteiger partial charge in [-0.25, -0.2) is 4.98 Å². The number of nitrogens with two attached hydrogens (primary N) is 2. The van der Waals surface area contributed by atoms with Gasteiger partial charge in [0.15, 0.2) is 0 Å². The van der Waals surface area contributed by atoms with Crippen LogP contribution in [0.5, 0.6) is 0 Å². The van der Waals surface area contributed by atoms with Crippen molar-refractivity contribution in [3.8, 4) is 11.1 Å². The SMILES string of the molecule is Cc1ccc(N2C(=O)CC=C3C=Nc4ccc(-c5ccc(N)nc5)cc4C32)cc1N. The predicted octanol–water partition coefficient (Wildman–Crippen LogP) is 4.34. The first kappa shape index (κ1) is 18.1. The largest absolute Gasteiger partial charge is 0.398 e. The van der Waals surface area contributed by atoms with Crippen LogP contribution in [0.1, 0.15) is 23.6 Å². The molecular formula is C24H21N5O. The summed E-state index contributed by atoms with van der Waals surface area (Å²) in [5, 5.41) is 0. The van der Waals surface area contributed by atoms with E-state index in [0.29, 0.717) is 17.9 Å². The van der Waals surface area contributed by atoms with E-state index in [1.807, 2.05) is 60.5 Å². The first-order valence-corrected chi connectivity index (χ1v) is 9.79. The van der Waals surface area contributed by atoms with Crippen LogP contribution in [0, 0.1) is 6.92 Å². The lowest BCUT2D eigenvalue weighted by Gasteiger charge is -2.38. The van der Waals surface area contributed by atoms with Gasteiger partial charge in [0.1, 0.15) is 5.82 Å². The second kappa shape index (κ2) is 6.84. The number of aryl methyl sites for hydroxylation is 1. The van der Waals surface area contributed by atoms with Crippen molar-refractivity contribution in [2.45, 2.75) is 19.4 Å². The van der Waals surface area contributed by atoms with E-state index in [2.05, 4.69) is 16.0 Å². The summed E-state index contributed by atoms with van der Waals surface area (Å²) in [6.45, 7) is 1.96. The van der Waals surface area contributed by atoms with Gasteiger partial charge in [-0.15, -0.1) is 0 Å². The minimum atomic E-state index is -0.248. The smallest absolute Gasteiger partial charge is 0.231 e. The van der Waals surface area contributed by atoms with E-state index in [4.69, 9.17) is 11.5 Å². The van der Waals surface area contributed by atoms with Crippen molar-refractivity contribution in [2.24, 2.45) is 4.99 Å². The first-order chi connectivity index (χ1) is 14.5. The number of carbonyl (C=O) groups is 1. The maximum Gasteiger partial charge on any atom is 0.231 e. The second-order valence-corrected chi connectivity index (χ2v) is 7.62. The van der Waals surface area contributed by atoms with E-state index >= 15 is 0 Å². The Morgan fingerprint density at radius 1 is 1.03 bits per heavy atom. The molecule has 1 unspecified atom stereocenters. The first-order valence-electron chi connectivity index (χ1n) is 9.79. The van der Waals surface area contributed by atoms with Crippen molar-refractivity contribution in [3.63, 3.8) is 0 Å². The number of benzene rings is 2. The number of pyridine rings is 1. The molecule has 3 aromatic rings. The Hall–Kier alpha value is -3.93. The van der Waals surface area contributed by atoms with E-state index in [-0.39, 0.29) is 11.9 Å². The van der Waals surface area contributed by atoms with Crippen LogP contribution in [0.3, 0.4) is 0 Å². The Morgan fingerprint density at radius 2 is 1.87 bits per heavy atom. The van der Waals surface area contributed by atoms with E-state index in [9.17, 15) is 4.79 Å². The van der Waals surface area contributed by atoms with Crippen molar-refractivity contribution in [3.05, 3.63) is 77.5 Å². The minimum Gasteiger partial charge on any atom is -0.398 e. The molecule has 1 amide bonds. The molecule has 1 atom stereocenters. The Bertz CT molecular complexity index is 1230. The highest BCUT2D eigenvalue weighted by Crippen LogP contribution is 2.44. The average molecular weight is 395 g/mol. The maximum atomic E-state index is 13.0. The van der Waals surface area contributed by atoms with Gasteiger partial charge in [0.2, 0.25) is 5.91 Å². The fourth-order valence-corrected chi connectivity index (χ4v) is 4.01. The van der Waals surface area contributed by atoms with Crippen LogP contribution >= 0.6 is 0 Å². The van der Waals surface area contributed by atoms with Crippen LogP contribution in [0.4, 0.5) is 22.9 Å². The quantitative estimate of drug-likeness (QED) is 0.631. The lowest BCUT2D eigenvalue weighted by atomic mass is 9.87. The third-order valence-corrected chi connectivity index (χ3v) is 5.69. The number of rotatable bonds is 2. The summed E-state index contributed by atoms with van der Waals surface area (Å²) in [7, 11) is 0. The van der Waals surface area contributed by atoms with Gasteiger partial charge in [0.05, 0.1) is 11.7 Å². The molecule has 148 valence electrons. The van der Waals surface area contributed by atoms with Gasteiger partial charge in [-0.2, -0.15) is 0 Å². The fraction of sp³-hybridized carbons (Fsp3) is 0.125. The Morgan fingerprint density at radius 3 is 2.63 bits per heavy atom. The molecule has 2 aliphatic heterocycles. The van der Waals surface area contributed by atoms with Gasteiger partial charge in [-0.05, 0) is 60.0 Å². The molecule has 0 saturated carbocycles. The number of fused-ring (bicyclic) bond motifs is 3. The molecule has 6 heteroatoms. The summed E-state index contributed by atoms with van der Waals surface area (Å²) in [6, 6.07) is 15.3. The second-order valence-electron chi connectivity index (χ2n) is 7.62. The maximum absolute atomic E-state index is 13.0. The van der Waals surface area contributed by atoms with Gasteiger partial charge in [0, 0.05) is 41.3 Å². The molecule has 0 bridgehead atoms. The topological polar surface area (TPSA) is 97.6 Å². The van der Waals surface area contributed by atoms with Crippen LogP contribution in [0.25, 0.3) is 11.1 Å². The van der Waals surface area contributed by atoms with E-state index in [1.165, 1.54) is 0 Å². The fourth-order valence-electron chi connectivity index (χ4n) is 4.01. The van der Waals surface area contributed by atoms with E-state index in [0.717, 1.165) is 39.2 Å². The summed E-state index contributed by atoms with van der Waals surface area (Å²) in [5.74, 6) is 0.514. The van der Waals surface area contributed by atoms with Crippen LogP contribution < -0.4 is 16.4 Å². The number of carbonyl (C=O) groups excluding carboxylic acids is 1. The summed E-state index contributed by atoms with van der Waals surface area (Å²) in [6.07, 6.45) is 5.91. The molecule has 30 heavy (non-hydrogen) atoms. The Kier molecular flexibility index (Phi) is 4.13. The molecular weight excluding hydrogens is 374 g/mol. The van der Waals surface area contributed by atoms with Crippen LogP contribution in [-0.2, 0) is 4.79 Å². The third-order valence-electron chi connectivity index (χ3n) is 5.69. The highest BCUT2D eigenvalue weighted by molar-refractivity contribution is 6.03. The van der Waals surface area contributed by atoms with E-state index in [1.54, 1.807) is 12.3 Å². The number of hydrogen-bond donors (Lipinski definition) is 2. The third kappa shape index (κ3) is 2.93. The molecule has 2 aromatic carbocycles. The molecule has 0 saturated heterocycles. The predicted molar refractivity (Wildman–Crippen MR) is 121 cm³/mol. The highest BCUT2D eigenvalue weighted by atomic mass is 16.2. The van der Waals surface area contributed by atoms with Gasteiger partial charge in [-0.1, -0.05) is 18.2 Å². The van der Waals surface area contributed by atoms with Crippen LogP contribution in [-0.4, -0.2) is 17.1 Å². The molecule has 0 fully saturated rings. The zero-order valence-electron chi connectivity index (χ0n) is 16.5. The molecule has 0 aliphatic carbocycles. The van der Waals surface area contributed by atoms with Crippen molar-refractivity contribution in [2.75, 3.05) is 16.4 Å². The van der Waals surface area contributed by atoms with Gasteiger partial charge < -0.3 is 16.4 Å². The molecule has 3 heterocycles. The number of aromatic nitrogens is 1. The lowest BCUT2D eigenvalue weighted by molar-refractivity contribution is -0.118. The standard InChI is InChI=1S/C24H21N5O/c1-14-2-6-18(11-20(14)25)29-23(30)9-5-17-13-27-21-7-3-15(10-19(21)24(17)29)16-4-8-22(26)28-12-16/h2-8,10-13,24H,9,25H2,1H3,(H2,26,28). The number of aliphatic imine (C=N–C) groups is 1. The van der Waals surface area contributed by atoms with Crippen molar-refractivity contribution < 1.29 is 4.79 Å². The average Bonchev–Trinajstić information content (AvgIpc) is 2.76. The van der Waals surface area contributed by atoms with Gasteiger partial charge in [-0.3, -0.25) is 9.79 Å². The molecule has 4 N–H and O–H groups in total. The minimum absolute atomic E-state index is 0.0350. The summed E-state index contributed by atoms with van der Waals surface area (Å²) in [4.78, 5) is 23.7. The van der Waals surface area contributed by atoms with Crippen molar-refractivity contribution >= 4 is 35.0 Å². The van der Waals surface area contributed by atoms with Gasteiger partial charge in [0.25, 0.3) is 0 Å². The summed E-state index contributed by atoms with van der Waals surface area (Å²) < 4.78 is 0. The lowest BCUT2D eigenvalue weighted by Crippen LogP contribution is -2.39. The van der Waals surface area contributed by atoms with Gasteiger partial charge >= 0.3 is 0 Å². The normalized spacial score (nSPS) is 17.4. The monoisotopic (exact) mass is 395 g/mol. The molecule has 0 spiro atoms. The molecule has 2 aliphatic rings. The van der Waals surface area contributed by atoms with Crippen molar-refractivity contribution in [1.82, 2.24) is 4.98 Å². The number of nitrogens with zero attached hydrogens (tertiary/aromatic N) is 3. The molecule has 0 radical (unpaired) electrons. The zero-order valence-corrected chi connectivity index (χ0v) is 16.5. The number of nitrogen functional groups attached to an aromatic ring is 2. The van der Waals surface area contributed by atoms with Crippen molar-refractivity contribution in [1.29, 1.82) is 0 Å². The molecule has 6 nitrogen and oxygen atoms in total. The number of anilines is 3. The molecule has 5 rings (SSSR count). The van der Waals surface area contributed by atoms with Crippen LogP contribution in [0.15, 0.2) is 71.4 Å². The Balaban J connectivity index is 1.65. The zero-order chi connectivity index (χ0) is 20.8.